The van der Waals surface area contributed by atoms with Crippen molar-refractivity contribution in [1.82, 2.24) is 10.3 Å². The number of pyridine rings is 1. The number of halogens is 10. The third kappa shape index (κ3) is 16.8. The molecule has 1 aromatic heterocycles. The first-order valence-corrected chi connectivity index (χ1v) is 16.2. The summed E-state index contributed by atoms with van der Waals surface area (Å²) >= 11 is 0. The molecule has 0 aliphatic carbocycles. The molecule has 0 atom stereocenters. The van der Waals surface area contributed by atoms with E-state index in [4.69, 9.17) is 29.7 Å². The van der Waals surface area contributed by atoms with Gasteiger partial charge in [-0.3, -0.25) is 9.78 Å². The molecular formula is C30H28F10N4O9S. The van der Waals surface area contributed by atoms with Crippen molar-refractivity contribution in [1.29, 1.82) is 0 Å². The van der Waals surface area contributed by atoms with E-state index in [9.17, 15) is 57.1 Å². The molecule has 24 heteroatoms. The van der Waals surface area contributed by atoms with Gasteiger partial charge in [0.25, 0.3) is 5.91 Å². The molecule has 1 saturated heterocycles. The second-order valence-electron chi connectivity index (χ2n) is 10.4. The number of rotatable bonds is 6. The molecule has 1 aliphatic heterocycles. The van der Waals surface area contributed by atoms with Gasteiger partial charge in [0.15, 0.2) is 9.84 Å². The monoisotopic (exact) mass is 810 g/mol. The number of sulfone groups is 1. The van der Waals surface area contributed by atoms with E-state index < -0.39 is 46.3 Å². The SMILES string of the molecule is CS(=O)(=O)c1cccc(CNC(=O)c2cncc(N3CCN(c4ccc(F)cc4)CC3)c2)c1.O=C(O)C(F)(F)F.O=C(O)C(F)(F)F.O=C(O)C(F)(F)F. The minimum absolute atomic E-state index is 0.211. The number of alkyl halides is 9. The summed E-state index contributed by atoms with van der Waals surface area (Å²) in [5, 5.41) is 24.2. The minimum Gasteiger partial charge on any atom is -0.475 e. The van der Waals surface area contributed by atoms with Crippen molar-refractivity contribution in [2.75, 3.05) is 42.2 Å². The molecule has 1 aliphatic rings. The van der Waals surface area contributed by atoms with Gasteiger partial charge in [0, 0.05) is 50.9 Å². The predicted molar refractivity (Wildman–Crippen MR) is 167 cm³/mol. The average molecular weight is 811 g/mol. The molecule has 0 bridgehead atoms. The molecule has 1 amide bonds. The van der Waals surface area contributed by atoms with Crippen LogP contribution in [-0.2, 0) is 30.8 Å². The number of aliphatic carboxylic acids is 3. The van der Waals surface area contributed by atoms with Crippen LogP contribution < -0.4 is 15.1 Å². The van der Waals surface area contributed by atoms with Gasteiger partial charge in [0.2, 0.25) is 0 Å². The van der Waals surface area contributed by atoms with Gasteiger partial charge in [0.1, 0.15) is 5.82 Å². The smallest absolute Gasteiger partial charge is 0.475 e. The van der Waals surface area contributed by atoms with E-state index >= 15 is 0 Å². The molecule has 4 N–H and O–H groups in total. The first-order chi connectivity index (χ1) is 24.6. The van der Waals surface area contributed by atoms with Crippen LogP contribution in [0.15, 0.2) is 71.9 Å². The van der Waals surface area contributed by atoms with Gasteiger partial charge in [-0.25, -0.2) is 27.2 Å². The van der Waals surface area contributed by atoms with Crippen LogP contribution in [0.5, 0.6) is 0 Å². The molecule has 0 unspecified atom stereocenters. The zero-order valence-electron chi connectivity index (χ0n) is 27.2. The van der Waals surface area contributed by atoms with Crippen LogP contribution in [0.2, 0.25) is 0 Å². The topological polar surface area (TPSA) is 195 Å². The van der Waals surface area contributed by atoms with Gasteiger partial charge in [-0.2, -0.15) is 39.5 Å². The number of piperazine rings is 1. The van der Waals surface area contributed by atoms with Crippen molar-refractivity contribution in [3.05, 3.63) is 83.9 Å². The van der Waals surface area contributed by atoms with Gasteiger partial charge in [0.05, 0.1) is 22.3 Å². The lowest BCUT2D eigenvalue weighted by molar-refractivity contribution is -0.193. The summed E-state index contributed by atoms with van der Waals surface area (Å²) in [6.45, 7) is 3.27. The number of hydrogen-bond donors (Lipinski definition) is 4. The highest BCUT2D eigenvalue weighted by atomic mass is 32.2. The average Bonchev–Trinajstić information content (AvgIpc) is 3.07. The highest BCUT2D eigenvalue weighted by Crippen LogP contribution is 2.22. The predicted octanol–water partition coefficient (Wildman–Crippen LogP) is 4.78. The van der Waals surface area contributed by atoms with Crippen LogP contribution in [0.3, 0.4) is 0 Å². The van der Waals surface area contributed by atoms with Crippen LogP contribution in [0, 0.1) is 5.82 Å². The number of benzene rings is 2. The standard InChI is InChI=1S/C24H25FN4O3S.3C2HF3O2/c1-33(31,32)23-4-2-3-18(13-23)15-27-24(30)19-14-22(17-26-16-19)29-11-9-28(10-12-29)21-7-5-20(25)6-8-21;3*3-2(4,5)1(6)7/h2-8,13-14,16-17H,9-12,15H2,1H3,(H,27,30);3*(H,6,7). The number of hydrogen-bond acceptors (Lipinski definition) is 9. The quantitative estimate of drug-likeness (QED) is 0.250. The van der Waals surface area contributed by atoms with E-state index in [1.54, 1.807) is 36.5 Å². The molecule has 0 spiro atoms. The van der Waals surface area contributed by atoms with Gasteiger partial charge < -0.3 is 30.4 Å². The Labute approximate surface area is 298 Å². The molecule has 4 rings (SSSR count). The lowest BCUT2D eigenvalue weighted by Gasteiger charge is -2.37. The molecule has 54 heavy (non-hydrogen) atoms. The van der Waals surface area contributed by atoms with E-state index in [1.165, 1.54) is 24.4 Å². The van der Waals surface area contributed by atoms with Gasteiger partial charge in [-0.05, 0) is 48.0 Å². The van der Waals surface area contributed by atoms with E-state index in [-0.39, 0.29) is 23.2 Å². The Morgan fingerprint density at radius 2 is 1.13 bits per heavy atom. The highest BCUT2D eigenvalue weighted by Gasteiger charge is 2.39. The van der Waals surface area contributed by atoms with E-state index in [2.05, 4.69) is 20.1 Å². The number of nitrogens with one attached hydrogen (secondary N) is 1. The first kappa shape index (κ1) is 46.3. The summed E-state index contributed by atoms with van der Waals surface area (Å²) in [7, 11) is -3.31. The maximum Gasteiger partial charge on any atom is 0.490 e. The van der Waals surface area contributed by atoms with Crippen LogP contribution in [0.25, 0.3) is 0 Å². The maximum absolute atomic E-state index is 13.2. The number of amides is 1. The minimum atomic E-state index is -5.08. The fourth-order valence-corrected chi connectivity index (χ4v) is 4.46. The Balaban J connectivity index is 0.000000566. The van der Waals surface area contributed by atoms with Crippen LogP contribution in [-0.4, -0.2) is 104 Å². The number of aromatic nitrogens is 1. The van der Waals surface area contributed by atoms with Gasteiger partial charge in [-0.1, -0.05) is 12.1 Å². The molecule has 1 fully saturated rings. The summed E-state index contributed by atoms with van der Waals surface area (Å²) in [4.78, 5) is 48.2. The highest BCUT2D eigenvalue weighted by molar-refractivity contribution is 7.90. The summed E-state index contributed by atoms with van der Waals surface area (Å²) in [5.41, 5.74) is 2.99. The van der Waals surface area contributed by atoms with Crippen molar-refractivity contribution in [3.63, 3.8) is 0 Å². The normalized spacial score (nSPS) is 13.1. The number of nitrogens with zero attached hydrogens (tertiary/aromatic N) is 3. The molecule has 13 nitrogen and oxygen atoms in total. The summed E-state index contributed by atoms with van der Waals surface area (Å²) in [6, 6.07) is 14.8. The lowest BCUT2D eigenvalue weighted by Crippen LogP contribution is -2.46. The summed E-state index contributed by atoms with van der Waals surface area (Å²) in [5.74, 6) is -8.80. The first-order valence-electron chi connectivity index (χ1n) is 14.3. The zero-order valence-corrected chi connectivity index (χ0v) is 28.0. The van der Waals surface area contributed by atoms with Crippen molar-refractivity contribution in [2.45, 2.75) is 30.0 Å². The number of carboxylic acids is 3. The van der Waals surface area contributed by atoms with E-state index in [0.717, 1.165) is 43.8 Å². The third-order valence-corrected chi connectivity index (χ3v) is 7.44. The number of carbonyl (C=O) groups excluding carboxylic acids is 1. The molecule has 3 aromatic rings. The van der Waals surface area contributed by atoms with Crippen LogP contribution >= 0.6 is 0 Å². The second-order valence-corrected chi connectivity index (χ2v) is 12.4. The van der Waals surface area contributed by atoms with Crippen molar-refractivity contribution < 1.29 is 86.8 Å². The molecule has 2 heterocycles. The lowest BCUT2D eigenvalue weighted by atomic mass is 10.2. The van der Waals surface area contributed by atoms with Crippen LogP contribution in [0.4, 0.5) is 55.3 Å². The van der Waals surface area contributed by atoms with Crippen molar-refractivity contribution in [2.24, 2.45) is 0 Å². The Morgan fingerprint density at radius 1 is 0.704 bits per heavy atom. The number of anilines is 2. The maximum atomic E-state index is 13.2. The largest absolute Gasteiger partial charge is 0.490 e. The van der Waals surface area contributed by atoms with Crippen LogP contribution in [0.1, 0.15) is 15.9 Å². The Hall–Kier alpha value is -5.68. The fourth-order valence-electron chi connectivity index (χ4n) is 3.77. The molecule has 298 valence electrons. The van der Waals surface area contributed by atoms with Gasteiger partial charge >= 0.3 is 36.4 Å². The van der Waals surface area contributed by atoms with Crippen molar-refractivity contribution >= 4 is 45.0 Å². The Morgan fingerprint density at radius 3 is 1.54 bits per heavy atom. The fraction of sp³-hybridized carbons (Fsp3) is 0.300. The second kappa shape index (κ2) is 19.4. The number of carbonyl (C=O) groups is 4. The Bertz CT molecular complexity index is 1790. The Kier molecular flexibility index (Phi) is 16.7. The van der Waals surface area contributed by atoms with E-state index in [1.807, 2.05) is 6.07 Å². The molecule has 0 saturated carbocycles. The number of carboxylic acid groups (broad SMARTS) is 3. The molecule has 2 aromatic carbocycles. The van der Waals surface area contributed by atoms with Crippen molar-refractivity contribution in [3.8, 4) is 0 Å². The summed E-state index contributed by atoms with van der Waals surface area (Å²) < 4.78 is 132. The molecule has 0 radical (unpaired) electrons. The summed E-state index contributed by atoms with van der Waals surface area (Å²) in [6.07, 6.45) is -10.8. The zero-order chi connectivity index (χ0) is 41.7. The van der Waals surface area contributed by atoms with E-state index in [0.29, 0.717) is 11.1 Å². The molecular weight excluding hydrogens is 782 g/mol. The van der Waals surface area contributed by atoms with Gasteiger partial charge in [-0.15, -0.1) is 0 Å². The third-order valence-electron chi connectivity index (χ3n) is 6.33.